The van der Waals surface area contributed by atoms with Gasteiger partial charge in [-0.25, -0.2) is 0 Å². The number of hydrogen-bond acceptors (Lipinski definition) is 4. The highest BCUT2D eigenvalue weighted by atomic mass is 16.5. The molecule has 1 heterocycles. The fourth-order valence-electron chi connectivity index (χ4n) is 2.96. The molecule has 3 unspecified atom stereocenters. The third-order valence-electron chi connectivity index (χ3n) is 5.23. The van der Waals surface area contributed by atoms with Gasteiger partial charge in [0.1, 0.15) is 11.9 Å². The molecule has 0 aromatic carbocycles. The van der Waals surface area contributed by atoms with E-state index in [2.05, 4.69) is 36.4 Å². The van der Waals surface area contributed by atoms with E-state index in [1.165, 1.54) is 0 Å². The van der Waals surface area contributed by atoms with E-state index in [0.29, 0.717) is 11.7 Å². The molecule has 23 heavy (non-hydrogen) atoms. The maximum absolute atomic E-state index is 10.1. The topological polar surface area (TPSA) is 79.0 Å². The Balaban J connectivity index is 1.98. The van der Waals surface area contributed by atoms with Crippen molar-refractivity contribution in [1.29, 1.82) is 0 Å². The van der Waals surface area contributed by atoms with Crippen LogP contribution in [0.2, 0.25) is 0 Å². The number of hydrogen-bond donors (Lipinski definition) is 3. The van der Waals surface area contributed by atoms with E-state index in [1.807, 2.05) is 6.92 Å². The number of aliphatic hydroxyl groups is 1. The van der Waals surface area contributed by atoms with Gasteiger partial charge in [-0.1, -0.05) is 13.8 Å². The summed E-state index contributed by atoms with van der Waals surface area (Å²) in [4.78, 5) is 4.47. The van der Waals surface area contributed by atoms with Gasteiger partial charge < -0.3 is 24.9 Å². The molecular weight excluding hydrogens is 294 g/mol. The first kappa shape index (κ1) is 17.8. The number of aliphatic imine (C=N–C) groups is 1. The van der Waals surface area contributed by atoms with Crippen LogP contribution in [0.4, 0.5) is 0 Å². The van der Waals surface area contributed by atoms with Crippen molar-refractivity contribution in [2.24, 2.45) is 10.4 Å². The number of aliphatic hydroxyl groups excluding tert-OH is 1. The Bertz CT molecular complexity index is 527. The number of rotatable bonds is 6. The summed E-state index contributed by atoms with van der Waals surface area (Å²) in [5.74, 6) is 1.23. The smallest absolute Gasteiger partial charge is 0.191 e. The summed E-state index contributed by atoms with van der Waals surface area (Å²) in [7, 11) is 1.76. The second-order valence-electron chi connectivity index (χ2n) is 6.81. The van der Waals surface area contributed by atoms with Crippen LogP contribution in [-0.2, 0) is 4.74 Å². The standard InChI is InChI=1S/C17H29N3O3/c1-6-18-15(19-11-12(21)13-8-7-9-23-13)20-14-10-17(4,22-5)16(14,2)3/h7-9,12,14,21H,6,10-11H2,1-5H3,(H2,18,19,20). The predicted octanol–water partition coefficient (Wildman–Crippen LogP) is 2.07. The summed E-state index contributed by atoms with van der Waals surface area (Å²) in [5.41, 5.74) is -0.132. The van der Waals surface area contributed by atoms with E-state index >= 15 is 0 Å². The van der Waals surface area contributed by atoms with E-state index < -0.39 is 6.10 Å². The number of furan rings is 1. The lowest BCUT2D eigenvalue weighted by Crippen LogP contribution is -2.69. The van der Waals surface area contributed by atoms with Crippen LogP contribution in [0.1, 0.15) is 46.0 Å². The molecule has 6 nitrogen and oxygen atoms in total. The van der Waals surface area contributed by atoms with Gasteiger partial charge >= 0.3 is 0 Å². The summed E-state index contributed by atoms with van der Waals surface area (Å²) < 4.78 is 10.9. The average Bonchev–Trinajstić information content (AvgIpc) is 3.06. The summed E-state index contributed by atoms with van der Waals surface area (Å²) >= 11 is 0. The number of ether oxygens (including phenoxy) is 1. The van der Waals surface area contributed by atoms with Gasteiger partial charge in [-0.05, 0) is 32.4 Å². The zero-order valence-electron chi connectivity index (χ0n) is 14.7. The fraction of sp³-hybridized carbons (Fsp3) is 0.706. The van der Waals surface area contributed by atoms with E-state index in [4.69, 9.17) is 9.15 Å². The Morgan fingerprint density at radius 1 is 1.52 bits per heavy atom. The monoisotopic (exact) mass is 323 g/mol. The summed E-state index contributed by atoms with van der Waals surface area (Å²) in [6.45, 7) is 9.55. The molecule has 3 N–H and O–H groups in total. The third kappa shape index (κ3) is 3.53. The summed E-state index contributed by atoms with van der Waals surface area (Å²) in [5, 5.41) is 16.8. The van der Waals surface area contributed by atoms with E-state index in [1.54, 1.807) is 25.5 Å². The van der Waals surface area contributed by atoms with Gasteiger partial charge in [-0.3, -0.25) is 4.99 Å². The van der Waals surface area contributed by atoms with Crippen LogP contribution in [0.15, 0.2) is 27.8 Å². The molecule has 3 atom stereocenters. The zero-order valence-corrected chi connectivity index (χ0v) is 14.7. The van der Waals surface area contributed by atoms with Crippen LogP contribution < -0.4 is 10.6 Å². The lowest BCUT2D eigenvalue weighted by atomic mass is 9.56. The quantitative estimate of drug-likeness (QED) is 0.552. The first-order valence-electron chi connectivity index (χ1n) is 8.15. The van der Waals surface area contributed by atoms with Crippen LogP contribution in [0.5, 0.6) is 0 Å². The van der Waals surface area contributed by atoms with Crippen molar-refractivity contribution in [2.45, 2.75) is 51.9 Å². The highest BCUT2D eigenvalue weighted by Crippen LogP contribution is 2.51. The second-order valence-corrected chi connectivity index (χ2v) is 6.81. The summed E-state index contributed by atoms with van der Waals surface area (Å²) in [6, 6.07) is 3.78. The van der Waals surface area contributed by atoms with Gasteiger partial charge in [-0.2, -0.15) is 0 Å². The maximum Gasteiger partial charge on any atom is 0.191 e. The van der Waals surface area contributed by atoms with Gasteiger partial charge in [0.2, 0.25) is 0 Å². The minimum Gasteiger partial charge on any atom is -0.467 e. The molecule has 0 amide bonds. The minimum absolute atomic E-state index is 0.00241. The molecule has 0 spiro atoms. The van der Waals surface area contributed by atoms with Crippen LogP contribution >= 0.6 is 0 Å². The minimum atomic E-state index is -0.737. The SMILES string of the molecule is CCNC(=NCC(O)c1ccco1)NC1CC(C)(OC)C1(C)C. The molecule has 0 radical (unpaired) electrons. The van der Waals surface area contributed by atoms with E-state index in [9.17, 15) is 5.11 Å². The van der Waals surface area contributed by atoms with Crippen LogP contribution in [0, 0.1) is 5.41 Å². The van der Waals surface area contributed by atoms with Crippen LogP contribution in [0.3, 0.4) is 0 Å². The van der Waals surface area contributed by atoms with Crippen molar-refractivity contribution < 1.29 is 14.3 Å². The Morgan fingerprint density at radius 2 is 2.26 bits per heavy atom. The van der Waals surface area contributed by atoms with Crippen molar-refractivity contribution >= 4 is 5.96 Å². The Morgan fingerprint density at radius 3 is 2.78 bits per heavy atom. The van der Waals surface area contributed by atoms with E-state index in [-0.39, 0.29) is 23.6 Å². The van der Waals surface area contributed by atoms with Crippen molar-refractivity contribution in [3.8, 4) is 0 Å². The molecule has 1 aromatic heterocycles. The molecule has 6 heteroatoms. The largest absolute Gasteiger partial charge is 0.467 e. The highest BCUT2D eigenvalue weighted by Gasteiger charge is 2.58. The fourth-order valence-corrected chi connectivity index (χ4v) is 2.96. The predicted molar refractivity (Wildman–Crippen MR) is 90.4 cm³/mol. The molecule has 1 aliphatic rings. The molecule has 0 saturated heterocycles. The molecule has 0 bridgehead atoms. The first-order chi connectivity index (χ1) is 10.8. The number of methoxy groups -OCH3 is 1. The van der Waals surface area contributed by atoms with Gasteiger partial charge in [-0.15, -0.1) is 0 Å². The number of nitrogens with one attached hydrogen (secondary N) is 2. The molecule has 1 aromatic rings. The van der Waals surface area contributed by atoms with Crippen molar-refractivity contribution in [2.75, 3.05) is 20.2 Å². The number of nitrogens with zero attached hydrogens (tertiary/aromatic N) is 1. The highest BCUT2D eigenvalue weighted by molar-refractivity contribution is 5.80. The second kappa shape index (κ2) is 6.93. The Labute approximate surface area is 138 Å². The Kier molecular flexibility index (Phi) is 5.37. The van der Waals surface area contributed by atoms with Crippen molar-refractivity contribution in [3.63, 3.8) is 0 Å². The van der Waals surface area contributed by atoms with Gasteiger partial charge in [0.15, 0.2) is 5.96 Å². The lowest BCUT2D eigenvalue weighted by molar-refractivity contribution is -0.176. The van der Waals surface area contributed by atoms with E-state index in [0.717, 1.165) is 13.0 Å². The molecule has 2 rings (SSSR count). The molecule has 1 fully saturated rings. The summed E-state index contributed by atoms with van der Waals surface area (Å²) in [6.07, 6.45) is 1.73. The zero-order chi connectivity index (χ0) is 17.1. The molecule has 1 saturated carbocycles. The molecule has 0 aliphatic heterocycles. The lowest BCUT2D eigenvalue weighted by Gasteiger charge is -2.59. The van der Waals surface area contributed by atoms with Gasteiger partial charge in [0, 0.05) is 25.1 Å². The average molecular weight is 323 g/mol. The first-order valence-corrected chi connectivity index (χ1v) is 8.15. The van der Waals surface area contributed by atoms with Crippen LogP contribution in [0.25, 0.3) is 0 Å². The van der Waals surface area contributed by atoms with Gasteiger partial charge in [0.25, 0.3) is 0 Å². The van der Waals surface area contributed by atoms with Crippen molar-refractivity contribution in [1.82, 2.24) is 10.6 Å². The van der Waals surface area contributed by atoms with Gasteiger partial charge in [0.05, 0.1) is 18.4 Å². The normalized spacial score (nSPS) is 28.1. The molecular formula is C17H29N3O3. The molecule has 1 aliphatic carbocycles. The third-order valence-corrected chi connectivity index (χ3v) is 5.23. The van der Waals surface area contributed by atoms with Crippen molar-refractivity contribution in [3.05, 3.63) is 24.2 Å². The number of guanidine groups is 1. The Hall–Kier alpha value is -1.53. The van der Waals surface area contributed by atoms with Crippen LogP contribution in [-0.4, -0.2) is 42.9 Å². The molecule has 130 valence electrons. The maximum atomic E-state index is 10.1.